The van der Waals surface area contributed by atoms with Crippen LogP contribution in [0.5, 0.6) is 5.75 Å². The first-order valence-electron chi connectivity index (χ1n) is 7.60. The number of hydrogen-bond acceptors (Lipinski definition) is 4. The Morgan fingerprint density at radius 2 is 1.79 bits per heavy atom. The molecule has 24 heavy (non-hydrogen) atoms. The van der Waals surface area contributed by atoms with Gasteiger partial charge >= 0.3 is 0 Å². The van der Waals surface area contributed by atoms with Crippen molar-refractivity contribution >= 4 is 28.2 Å². The molecule has 0 aliphatic heterocycles. The molecule has 0 aliphatic rings. The highest BCUT2D eigenvalue weighted by molar-refractivity contribution is 6.04. The van der Waals surface area contributed by atoms with E-state index in [1.54, 1.807) is 13.2 Å². The summed E-state index contributed by atoms with van der Waals surface area (Å²) >= 11 is 0. The van der Waals surface area contributed by atoms with Crippen molar-refractivity contribution in [1.82, 2.24) is 4.98 Å². The van der Waals surface area contributed by atoms with Gasteiger partial charge in [-0.25, -0.2) is 4.98 Å². The van der Waals surface area contributed by atoms with E-state index in [-0.39, 0.29) is 5.91 Å². The Kier molecular flexibility index (Phi) is 4.33. The van der Waals surface area contributed by atoms with Crippen LogP contribution in [0.3, 0.4) is 0 Å². The predicted octanol–water partition coefficient (Wildman–Crippen LogP) is 3.56. The molecular weight excluding hydrogens is 302 g/mol. The minimum Gasteiger partial charge on any atom is -0.497 e. The Bertz CT molecular complexity index is 873. The Labute approximate surface area is 140 Å². The normalized spacial score (nSPS) is 10.5. The van der Waals surface area contributed by atoms with Crippen LogP contribution in [0.25, 0.3) is 10.9 Å². The molecule has 5 nitrogen and oxygen atoms in total. The number of nitrogens with one attached hydrogen (secondary N) is 1. The van der Waals surface area contributed by atoms with Crippen LogP contribution in [0.15, 0.2) is 54.6 Å². The Balaban J connectivity index is 1.80. The standard InChI is InChI=1S/C19H19N3O2/c1-22(2)15-7-5-14(6-8-15)20-19(23)18-10-4-13-12-16(24-3)9-11-17(13)21-18/h4-12H,1-3H3,(H,20,23). The van der Waals surface area contributed by atoms with Crippen LogP contribution in [0.1, 0.15) is 10.5 Å². The molecule has 5 heteroatoms. The molecule has 0 bridgehead atoms. The van der Waals surface area contributed by atoms with E-state index in [1.165, 1.54) is 0 Å². The molecule has 2 aromatic carbocycles. The molecule has 3 aromatic rings. The average Bonchev–Trinajstić information content (AvgIpc) is 2.61. The summed E-state index contributed by atoms with van der Waals surface area (Å²) in [5, 5.41) is 3.80. The lowest BCUT2D eigenvalue weighted by Gasteiger charge is -2.13. The van der Waals surface area contributed by atoms with Gasteiger partial charge in [0.25, 0.3) is 5.91 Å². The molecule has 1 N–H and O–H groups in total. The van der Waals surface area contributed by atoms with Gasteiger partial charge in [0.05, 0.1) is 12.6 Å². The second-order valence-corrected chi connectivity index (χ2v) is 5.65. The molecule has 0 atom stereocenters. The van der Waals surface area contributed by atoms with E-state index in [9.17, 15) is 4.79 Å². The van der Waals surface area contributed by atoms with Gasteiger partial charge < -0.3 is 15.0 Å². The third kappa shape index (κ3) is 3.30. The second kappa shape index (κ2) is 6.58. The van der Waals surface area contributed by atoms with Crippen molar-refractivity contribution < 1.29 is 9.53 Å². The molecule has 0 fully saturated rings. The summed E-state index contributed by atoms with van der Waals surface area (Å²) in [6.07, 6.45) is 0. The Morgan fingerprint density at radius 1 is 1.04 bits per heavy atom. The highest BCUT2D eigenvalue weighted by atomic mass is 16.5. The summed E-state index contributed by atoms with van der Waals surface area (Å²) < 4.78 is 5.19. The molecule has 0 spiro atoms. The topological polar surface area (TPSA) is 54.5 Å². The molecule has 0 radical (unpaired) electrons. The Hall–Kier alpha value is -3.08. The fraction of sp³-hybridized carbons (Fsp3) is 0.158. The number of ether oxygens (including phenoxy) is 1. The van der Waals surface area contributed by atoms with Crippen molar-refractivity contribution in [3.63, 3.8) is 0 Å². The van der Waals surface area contributed by atoms with E-state index in [0.717, 1.165) is 28.0 Å². The predicted molar refractivity (Wildman–Crippen MR) is 97.0 cm³/mol. The van der Waals surface area contributed by atoms with Crippen LogP contribution in [-0.4, -0.2) is 32.1 Å². The first-order chi connectivity index (χ1) is 11.6. The van der Waals surface area contributed by atoms with Crippen molar-refractivity contribution in [2.45, 2.75) is 0 Å². The smallest absolute Gasteiger partial charge is 0.274 e. The van der Waals surface area contributed by atoms with Gasteiger partial charge in [-0.05, 0) is 48.5 Å². The molecular formula is C19H19N3O2. The van der Waals surface area contributed by atoms with Crippen molar-refractivity contribution in [3.05, 3.63) is 60.3 Å². The molecule has 1 heterocycles. The number of carbonyl (C=O) groups excluding carboxylic acids is 1. The third-order valence-electron chi connectivity index (χ3n) is 3.77. The fourth-order valence-corrected chi connectivity index (χ4v) is 2.40. The number of amides is 1. The van der Waals surface area contributed by atoms with Crippen LogP contribution in [0.2, 0.25) is 0 Å². The lowest BCUT2D eigenvalue weighted by Crippen LogP contribution is -2.14. The average molecular weight is 321 g/mol. The number of methoxy groups -OCH3 is 1. The third-order valence-corrected chi connectivity index (χ3v) is 3.77. The molecule has 0 saturated carbocycles. The lowest BCUT2D eigenvalue weighted by molar-refractivity contribution is 0.102. The summed E-state index contributed by atoms with van der Waals surface area (Å²) in [4.78, 5) is 18.8. The van der Waals surface area contributed by atoms with Crippen molar-refractivity contribution in [2.75, 3.05) is 31.4 Å². The number of benzene rings is 2. The maximum Gasteiger partial charge on any atom is 0.274 e. The van der Waals surface area contributed by atoms with Gasteiger partial charge in [0.1, 0.15) is 11.4 Å². The molecule has 0 aliphatic carbocycles. The van der Waals surface area contributed by atoms with Gasteiger partial charge in [-0.15, -0.1) is 0 Å². The molecule has 0 unspecified atom stereocenters. The summed E-state index contributed by atoms with van der Waals surface area (Å²) in [5.74, 6) is 0.535. The zero-order chi connectivity index (χ0) is 17.1. The second-order valence-electron chi connectivity index (χ2n) is 5.65. The van der Waals surface area contributed by atoms with E-state index in [4.69, 9.17) is 4.74 Å². The van der Waals surface area contributed by atoms with Crippen LogP contribution < -0.4 is 15.0 Å². The van der Waals surface area contributed by atoms with E-state index in [1.807, 2.05) is 67.5 Å². The fourth-order valence-electron chi connectivity index (χ4n) is 2.40. The maximum absolute atomic E-state index is 12.4. The monoisotopic (exact) mass is 321 g/mol. The highest BCUT2D eigenvalue weighted by Crippen LogP contribution is 2.20. The minimum atomic E-state index is -0.231. The van der Waals surface area contributed by atoms with E-state index in [0.29, 0.717) is 5.69 Å². The van der Waals surface area contributed by atoms with Gasteiger partial charge in [0.2, 0.25) is 0 Å². The molecule has 1 aromatic heterocycles. The SMILES string of the molecule is COc1ccc2nc(C(=O)Nc3ccc(N(C)C)cc3)ccc2c1. The first kappa shape index (κ1) is 15.8. The highest BCUT2D eigenvalue weighted by Gasteiger charge is 2.09. The summed E-state index contributed by atoms with van der Waals surface area (Å²) in [5.41, 5.74) is 2.95. The summed E-state index contributed by atoms with van der Waals surface area (Å²) in [6, 6.07) is 16.8. The molecule has 3 rings (SSSR count). The van der Waals surface area contributed by atoms with E-state index in [2.05, 4.69) is 10.3 Å². The van der Waals surface area contributed by atoms with E-state index >= 15 is 0 Å². The molecule has 1 amide bonds. The van der Waals surface area contributed by atoms with E-state index < -0.39 is 0 Å². The number of fused-ring (bicyclic) bond motifs is 1. The van der Waals surface area contributed by atoms with Crippen LogP contribution in [0.4, 0.5) is 11.4 Å². The minimum absolute atomic E-state index is 0.231. The lowest BCUT2D eigenvalue weighted by atomic mass is 10.2. The van der Waals surface area contributed by atoms with Gasteiger partial charge in [-0.3, -0.25) is 4.79 Å². The number of hydrogen-bond donors (Lipinski definition) is 1. The van der Waals surface area contributed by atoms with Crippen molar-refractivity contribution in [2.24, 2.45) is 0 Å². The molecule has 122 valence electrons. The van der Waals surface area contributed by atoms with Crippen LogP contribution in [-0.2, 0) is 0 Å². The van der Waals surface area contributed by atoms with Gasteiger partial charge in [0.15, 0.2) is 0 Å². The summed E-state index contributed by atoms with van der Waals surface area (Å²) in [6.45, 7) is 0. The number of pyridine rings is 1. The number of carbonyl (C=O) groups is 1. The van der Waals surface area contributed by atoms with Gasteiger partial charge in [-0.2, -0.15) is 0 Å². The van der Waals surface area contributed by atoms with Crippen LogP contribution >= 0.6 is 0 Å². The van der Waals surface area contributed by atoms with Crippen LogP contribution in [0, 0.1) is 0 Å². The number of anilines is 2. The van der Waals surface area contributed by atoms with Gasteiger partial charge in [-0.1, -0.05) is 6.07 Å². The first-order valence-corrected chi connectivity index (χ1v) is 7.60. The number of rotatable bonds is 4. The maximum atomic E-state index is 12.4. The largest absolute Gasteiger partial charge is 0.497 e. The number of aromatic nitrogens is 1. The molecule has 0 saturated heterocycles. The summed E-state index contributed by atoms with van der Waals surface area (Å²) in [7, 11) is 5.57. The zero-order valence-electron chi connectivity index (χ0n) is 13.9. The number of nitrogens with zero attached hydrogens (tertiary/aromatic N) is 2. The zero-order valence-corrected chi connectivity index (χ0v) is 13.9. The van der Waals surface area contributed by atoms with Gasteiger partial charge in [0, 0.05) is 30.9 Å². The Morgan fingerprint density at radius 3 is 2.46 bits per heavy atom. The van der Waals surface area contributed by atoms with Crippen molar-refractivity contribution in [1.29, 1.82) is 0 Å². The van der Waals surface area contributed by atoms with Crippen molar-refractivity contribution in [3.8, 4) is 5.75 Å². The quantitative estimate of drug-likeness (QED) is 0.798.